The average molecular weight is 329 g/mol. The van der Waals surface area contributed by atoms with E-state index in [1.54, 1.807) is 13.0 Å². The van der Waals surface area contributed by atoms with Gasteiger partial charge in [-0.2, -0.15) is 0 Å². The SMILES string of the molecule is CC(OC(=O)C1=Cc2ccccc2OC1)C(=O)NC1CCCCC1. The van der Waals surface area contributed by atoms with Crippen molar-refractivity contribution in [2.24, 2.45) is 0 Å². The average Bonchev–Trinajstić information content (AvgIpc) is 2.62. The van der Waals surface area contributed by atoms with Crippen molar-refractivity contribution in [2.75, 3.05) is 6.61 Å². The summed E-state index contributed by atoms with van der Waals surface area (Å²) in [6.45, 7) is 1.76. The van der Waals surface area contributed by atoms with Crippen molar-refractivity contribution < 1.29 is 19.1 Å². The van der Waals surface area contributed by atoms with Crippen molar-refractivity contribution >= 4 is 18.0 Å². The van der Waals surface area contributed by atoms with Crippen molar-refractivity contribution in [2.45, 2.75) is 51.2 Å². The van der Waals surface area contributed by atoms with Crippen LogP contribution in [0.4, 0.5) is 0 Å². The first-order valence-corrected chi connectivity index (χ1v) is 8.57. The maximum absolute atomic E-state index is 12.3. The van der Waals surface area contributed by atoms with Crippen LogP contribution in [0.25, 0.3) is 6.08 Å². The summed E-state index contributed by atoms with van der Waals surface area (Å²) >= 11 is 0. The number of fused-ring (bicyclic) bond motifs is 1. The lowest BCUT2D eigenvalue weighted by atomic mass is 9.95. The molecule has 1 fully saturated rings. The van der Waals surface area contributed by atoms with E-state index in [-0.39, 0.29) is 18.6 Å². The molecule has 24 heavy (non-hydrogen) atoms. The van der Waals surface area contributed by atoms with E-state index in [0.29, 0.717) is 5.57 Å². The third-order valence-corrected chi connectivity index (χ3v) is 4.50. The van der Waals surface area contributed by atoms with E-state index < -0.39 is 12.1 Å². The Labute approximate surface area is 142 Å². The van der Waals surface area contributed by atoms with Crippen molar-refractivity contribution in [3.05, 3.63) is 35.4 Å². The van der Waals surface area contributed by atoms with Gasteiger partial charge >= 0.3 is 5.97 Å². The van der Waals surface area contributed by atoms with E-state index in [4.69, 9.17) is 9.47 Å². The summed E-state index contributed by atoms with van der Waals surface area (Å²) < 4.78 is 10.9. The van der Waals surface area contributed by atoms with Gasteiger partial charge in [0.05, 0.1) is 5.57 Å². The zero-order chi connectivity index (χ0) is 16.9. The van der Waals surface area contributed by atoms with Gasteiger partial charge in [-0.25, -0.2) is 4.79 Å². The molecule has 1 atom stereocenters. The number of hydrogen-bond acceptors (Lipinski definition) is 4. The zero-order valence-corrected chi connectivity index (χ0v) is 13.9. The molecule has 1 aromatic rings. The number of hydrogen-bond donors (Lipinski definition) is 1. The summed E-state index contributed by atoms with van der Waals surface area (Å²) in [4.78, 5) is 24.5. The number of ether oxygens (including phenoxy) is 2. The van der Waals surface area contributed by atoms with Crippen LogP contribution in [0.3, 0.4) is 0 Å². The van der Waals surface area contributed by atoms with Gasteiger partial charge in [-0.05, 0) is 31.9 Å². The molecule has 0 radical (unpaired) electrons. The lowest BCUT2D eigenvalue weighted by Gasteiger charge is -2.24. The molecule has 3 rings (SSSR count). The molecule has 1 amide bonds. The van der Waals surface area contributed by atoms with Gasteiger partial charge in [0.25, 0.3) is 5.91 Å². The maximum Gasteiger partial charge on any atom is 0.338 e. The van der Waals surface area contributed by atoms with Crippen molar-refractivity contribution in [1.29, 1.82) is 0 Å². The Morgan fingerprint density at radius 2 is 1.96 bits per heavy atom. The van der Waals surface area contributed by atoms with Gasteiger partial charge in [0.15, 0.2) is 6.10 Å². The molecule has 128 valence electrons. The monoisotopic (exact) mass is 329 g/mol. The van der Waals surface area contributed by atoms with Crippen LogP contribution >= 0.6 is 0 Å². The Kier molecular flexibility index (Phi) is 5.18. The molecule has 1 aliphatic heterocycles. The first-order chi connectivity index (χ1) is 11.6. The number of carbonyl (C=O) groups is 2. The molecule has 1 N–H and O–H groups in total. The third-order valence-electron chi connectivity index (χ3n) is 4.50. The Hall–Kier alpha value is -2.30. The second kappa shape index (κ2) is 7.51. The van der Waals surface area contributed by atoms with E-state index in [1.165, 1.54) is 6.42 Å². The van der Waals surface area contributed by atoms with Crippen molar-refractivity contribution in [3.63, 3.8) is 0 Å². The fraction of sp³-hybridized carbons (Fsp3) is 0.474. The molecule has 0 saturated heterocycles. The topological polar surface area (TPSA) is 64.6 Å². The molecule has 1 aliphatic carbocycles. The van der Waals surface area contributed by atoms with Crippen LogP contribution in [-0.4, -0.2) is 30.6 Å². The summed E-state index contributed by atoms with van der Waals surface area (Å²) in [5.41, 5.74) is 1.26. The first kappa shape index (κ1) is 16.6. The third kappa shape index (κ3) is 3.96. The number of carbonyl (C=O) groups excluding carboxylic acids is 2. The summed E-state index contributed by atoms with van der Waals surface area (Å²) in [7, 11) is 0. The molecule has 0 aromatic heterocycles. The highest BCUT2D eigenvalue weighted by atomic mass is 16.6. The number of amides is 1. The van der Waals surface area contributed by atoms with Gasteiger partial charge in [0, 0.05) is 11.6 Å². The normalized spacial score (nSPS) is 18.6. The van der Waals surface area contributed by atoms with Crippen molar-refractivity contribution in [3.8, 4) is 5.75 Å². The highest BCUT2D eigenvalue weighted by Gasteiger charge is 2.25. The van der Waals surface area contributed by atoms with Crippen LogP contribution < -0.4 is 10.1 Å². The molecule has 2 aliphatic rings. The molecule has 1 aromatic carbocycles. The summed E-state index contributed by atoms with van der Waals surface area (Å²) in [6, 6.07) is 7.70. The largest absolute Gasteiger partial charge is 0.488 e. The quantitative estimate of drug-likeness (QED) is 0.863. The number of esters is 1. The standard InChI is InChI=1S/C19H23NO4/c1-13(18(21)20-16-8-3-2-4-9-16)24-19(22)15-11-14-7-5-6-10-17(14)23-12-15/h5-7,10-11,13,16H,2-4,8-9,12H2,1H3,(H,20,21). The number of para-hydroxylation sites is 1. The molecule has 5 nitrogen and oxygen atoms in total. The zero-order valence-electron chi connectivity index (χ0n) is 13.9. The Morgan fingerprint density at radius 1 is 1.21 bits per heavy atom. The van der Waals surface area contributed by atoms with Crippen LogP contribution in [0.5, 0.6) is 5.75 Å². The first-order valence-electron chi connectivity index (χ1n) is 8.57. The van der Waals surface area contributed by atoms with Gasteiger partial charge in [0.2, 0.25) is 0 Å². The van der Waals surface area contributed by atoms with Crippen LogP contribution in [0.1, 0.15) is 44.6 Å². The van der Waals surface area contributed by atoms with Gasteiger partial charge < -0.3 is 14.8 Å². The minimum Gasteiger partial charge on any atom is -0.488 e. The van der Waals surface area contributed by atoms with Crippen LogP contribution in [-0.2, 0) is 14.3 Å². The Bertz CT molecular complexity index is 647. The van der Waals surface area contributed by atoms with Crippen molar-refractivity contribution in [1.82, 2.24) is 5.32 Å². The summed E-state index contributed by atoms with van der Waals surface area (Å²) in [5, 5.41) is 2.98. The molecule has 5 heteroatoms. The predicted molar refractivity (Wildman–Crippen MR) is 90.5 cm³/mol. The number of rotatable bonds is 4. The predicted octanol–water partition coefficient (Wildman–Crippen LogP) is 2.84. The van der Waals surface area contributed by atoms with E-state index in [1.807, 2.05) is 24.3 Å². The second-order valence-electron chi connectivity index (χ2n) is 6.39. The van der Waals surface area contributed by atoms with Crippen LogP contribution in [0.2, 0.25) is 0 Å². The van der Waals surface area contributed by atoms with Crippen LogP contribution in [0.15, 0.2) is 29.8 Å². The van der Waals surface area contributed by atoms with E-state index in [2.05, 4.69) is 5.32 Å². The molecule has 0 spiro atoms. The molecule has 1 heterocycles. The fourth-order valence-corrected chi connectivity index (χ4v) is 3.09. The minimum absolute atomic E-state index is 0.160. The fourth-order valence-electron chi connectivity index (χ4n) is 3.09. The summed E-state index contributed by atoms with van der Waals surface area (Å²) in [6.07, 6.45) is 6.47. The summed E-state index contributed by atoms with van der Waals surface area (Å²) in [5.74, 6) is 0.0147. The molecular weight excluding hydrogens is 306 g/mol. The van der Waals surface area contributed by atoms with E-state index >= 15 is 0 Å². The highest BCUT2D eigenvalue weighted by molar-refractivity contribution is 5.96. The van der Waals surface area contributed by atoms with Gasteiger partial charge in [-0.1, -0.05) is 37.5 Å². The smallest absolute Gasteiger partial charge is 0.338 e. The van der Waals surface area contributed by atoms with E-state index in [0.717, 1.165) is 37.0 Å². The molecule has 1 saturated carbocycles. The lowest BCUT2D eigenvalue weighted by Crippen LogP contribution is -2.43. The van der Waals surface area contributed by atoms with E-state index in [9.17, 15) is 9.59 Å². The van der Waals surface area contributed by atoms with Crippen LogP contribution in [0, 0.1) is 0 Å². The Balaban J connectivity index is 1.56. The maximum atomic E-state index is 12.3. The molecule has 1 unspecified atom stereocenters. The molecule has 0 bridgehead atoms. The second-order valence-corrected chi connectivity index (χ2v) is 6.39. The number of benzene rings is 1. The van der Waals surface area contributed by atoms with Gasteiger partial charge in [-0.3, -0.25) is 4.79 Å². The lowest BCUT2D eigenvalue weighted by molar-refractivity contribution is -0.151. The highest BCUT2D eigenvalue weighted by Crippen LogP contribution is 2.26. The Morgan fingerprint density at radius 3 is 2.75 bits per heavy atom. The molecular formula is C19H23NO4. The number of nitrogens with one attached hydrogen (secondary N) is 1. The minimum atomic E-state index is -0.808. The van der Waals surface area contributed by atoms with Gasteiger partial charge in [0.1, 0.15) is 12.4 Å². The van der Waals surface area contributed by atoms with Gasteiger partial charge in [-0.15, -0.1) is 0 Å².